The summed E-state index contributed by atoms with van der Waals surface area (Å²) in [5.41, 5.74) is 1.90. The zero-order chi connectivity index (χ0) is 11.7. The fourth-order valence-corrected chi connectivity index (χ4v) is 1.73. The predicted octanol–water partition coefficient (Wildman–Crippen LogP) is 2.96. The van der Waals surface area contributed by atoms with E-state index in [0.29, 0.717) is 21.7 Å². The summed E-state index contributed by atoms with van der Waals surface area (Å²) in [4.78, 5) is 10.9. The van der Waals surface area contributed by atoms with Gasteiger partial charge in [-0.05, 0) is 19.9 Å². The first-order valence-electron chi connectivity index (χ1n) is 4.77. The van der Waals surface area contributed by atoms with Crippen LogP contribution in [0.4, 0.5) is 4.39 Å². The fourth-order valence-electron chi connectivity index (χ4n) is 1.49. The summed E-state index contributed by atoms with van der Waals surface area (Å²) in [6.07, 6.45) is 2.73. The van der Waals surface area contributed by atoms with Crippen LogP contribution < -0.4 is 0 Å². The van der Waals surface area contributed by atoms with Crippen molar-refractivity contribution in [3.63, 3.8) is 0 Å². The third kappa shape index (κ3) is 1.86. The Kier molecular flexibility index (Phi) is 2.78. The standard InChI is InChI=1S/C11H10FN3S/c1-6-10(14-7(2)15-11(6)16)8-3-4-13-5-9(8)12/h3-5H,1-2H3,(H,14,15,16). The summed E-state index contributed by atoms with van der Waals surface area (Å²) in [5.74, 6) is 0.295. The number of aryl methyl sites for hydroxylation is 1. The van der Waals surface area contributed by atoms with Gasteiger partial charge in [0.1, 0.15) is 10.5 Å². The molecule has 0 fully saturated rings. The summed E-state index contributed by atoms with van der Waals surface area (Å²) < 4.78 is 14.1. The van der Waals surface area contributed by atoms with Crippen molar-refractivity contribution in [1.82, 2.24) is 15.0 Å². The first-order valence-corrected chi connectivity index (χ1v) is 5.18. The summed E-state index contributed by atoms with van der Waals surface area (Å²) >= 11 is 5.10. The molecule has 1 N–H and O–H groups in total. The van der Waals surface area contributed by atoms with Crippen molar-refractivity contribution in [2.75, 3.05) is 0 Å². The highest BCUT2D eigenvalue weighted by molar-refractivity contribution is 7.71. The SMILES string of the molecule is Cc1nc(=S)c(C)c(-c2ccncc2F)[nH]1. The lowest BCUT2D eigenvalue weighted by atomic mass is 10.1. The quantitative estimate of drug-likeness (QED) is 0.773. The molecule has 2 heterocycles. The normalized spacial score (nSPS) is 10.4. The Labute approximate surface area is 97.4 Å². The smallest absolute Gasteiger partial charge is 0.150 e. The van der Waals surface area contributed by atoms with Gasteiger partial charge in [-0.1, -0.05) is 12.2 Å². The monoisotopic (exact) mass is 235 g/mol. The molecule has 0 saturated carbocycles. The molecule has 0 bridgehead atoms. The van der Waals surface area contributed by atoms with Crippen LogP contribution in [0.3, 0.4) is 0 Å². The minimum Gasteiger partial charge on any atom is -0.343 e. The number of pyridine rings is 1. The van der Waals surface area contributed by atoms with E-state index in [1.807, 2.05) is 6.92 Å². The molecule has 0 atom stereocenters. The van der Waals surface area contributed by atoms with E-state index < -0.39 is 0 Å². The van der Waals surface area contributed by atoms with Gasteiger partial charge >= 0.3 is 0 Å². The number of aromatic amines is 1. The van der Waals surface area contributed by atoms with Crippen LogP contribution in [0.1, 0.15) is 11.4 Å². The third-order valence-electron chi connectivity index (χ3n) is 2.31. The average molecular weight is 235 g/mol. The zero-order valence-corrected chi connectivity index (χ0v) is 9.73. The van der Waals surface area contributed by atoms with Gasteiger partial charge in [-0.2, -0.15) is 0 Å². The Hall–Kier alpha value is -1.62. The predicted molar refractivity (Wildman–Crippen MR) is 62.1 cm³/mol. The van der Waals surface area contributed by atoms with Gasteiger partial charge in [-0.15, -0.1) is 0 Å². The van der Waals surface area contributed by atoms with Crippen LogP contribution in [0, 0.1) is 24.3 Å². The van der Waals surface area contributed by atoms with Crippen LogP contribution >= 0.6 is 12.2 Å². The molecule has 2 rings (SSSR count). The van der Waals surface area contributed by atoms with E-state index in [2.05, 4.69) is 15.0 Å². The molecule has 16 heavy (non-hydrogen) atoms. The number of nitrogens with zero attached hydrogens (tertiary/aromatic N) is 2. The maximum absolute atomic E-state index is 13.6. The molecule has 0 aliphatic heterocycles. The number of rotatable bonds is 1. The van der Waals surface area contributed by atoms with Crippen molar-refractivity contribution in [2.24, 2.45) is 0 Å². The Balaban J connectivity index is 2.74. The number of hydrogen-bond donors (Lipinski definition) is 1. The van der Waals surface area contributed by atoms with E-state index in [9.17, 15) is 4.39 Å². The zero-order valence-electron chi connectivity index (χ0n) is 8.91. The first kappa shape index (κ1) is 10.9. The average Bonchev–Trinajstić information content (AvgIpc) is 2.24. The summed E-state index contributed by atoms with van der Waals surface area (Å²) in [6, 6.07) is 1.61. The van der Waals surface area contributed by atoms with E-state index in [4.69, 9.17) is 12.2 Å². The first-order chi connectivity index (χ1) is 7.59. The van der Waals surface area contributed by atoms with E-state index in [1.165, 1.54) is 6.20 Å². The number of hydrogen-bond acceptors (Lipinski definition) is 3. The maximum atomic E-state index is 13.6. The Morgan fingerprint density at radius 1 is 1.38 bits per heavy atom. The Morgan fingerprint density at radius 2 is 2.12 bits per heavy atom. The number of aromatic nitrogens is 3. The minimum absolute atomic E-state index is 0.373. The number of halogens is 1. The van der Waals surface area contributed by atoms with Crippen LogP contribution in [0.5, 0.6) is 0 Å². The summed E-state index contributed by atoms with van der Waals surface area (Å²) in [6.45, 7) is 3.61. The van der Waals surface area contributed by atoms with Crippen molar-refractivity contribution in [2.45, 2.75) is 13.8 Å². The molecular weight excluding hydrogens is 225 g/mol. The molecule has 2 aromatic rings. The van der Waals surface area contributed by atoms with Gasteiger partial charge < -0.3 is 4.98 Å². The van der Waals surface area contributed by atoms with Gasteiger partial charge in [0.15, 0.2) is 5.82 Å². The lowest BCUT2D eigenvalue weighted by molar-refractivity contribution is 0.624. The third-order valence-corrected chi connectivity index (χ3v) is 2.71. The molecule has 0 saturated heterocycles. The Morgan fingerprint density at radius 3 is 2.81 bits per heavy atom. The van der Waals surface area contributed by atoms with Gasteiger partial charge in [0.2, 0.25) is 0 Å². The highest BCUT2D eigenvalue weighted by Gasteiger charge is 2.09. The molecule has 2 aromatic heterocycles. The largest absolute Gasteiger partial charge is 0.343 e. The van der Waals surface area contributed by atoms with Crippen molar-refractivity contribution >= 4 is 12.2 Å². The van der Waals surface area contributed by atoms with Crippen LogP contribution in [-0.4, -0.2) is 15.0 Å². The van der Waals surface area contributed by atoms with Gasteiger partial charge in [0.25, 0.3) is 0 Å². The minimum atomic E-state index is -0.373. The van der Waals surface area contributed by atoms with E-state index in [1.54, 1.807) is 19.2 Å². The highest BCUT2D eigenvalue weighted by Crippen LogP contribution is 2.23. The number of nitrogens with one attached hydrogen (secondary N) is 1. The molecule has 0 aromatic carbocycles. The maximum Gasteiger partial charge on any atom is 0.150 e. The molecule has 0 amide bonds. The molecule has 0 aliphatic rings. The second-order valence-corrected chi connectivity index (χ2v) is 3.87. The summed E-state index contributed by atoms with van der Waals surface area (Å²) in [7, 11) is 0. The Bertz CT molecular complexity index is 592. The molecule has 0 aliphatic carbocycles. The topological polar surface area (TPSA) is 41.6 Å². The van der Waals surface area contributed by atoms with E-state index >= 15 is 0 Å². The van der Waals surface area contributed by atoms with E-state index in [0.717, 1.165) is 5.56 Å². The molecular formula is C11H10FN3S. The van der Waals surface area contributed by atoms with Crippen molar-refractivity contribution in [3.8, 4) is 11.3 Å². The second-order valence-electron chi connectivity index (χ2n) is 3.48. The summed E-state index contributed by atoms with van der Waals surface area (Å²) in [5, 5.41) is 0. The molecule has 5 heteroatoms. The lowest BCUT2D eigenvalue weighted by Gasteiger charge is -2.08. The van der Waals surface area contributed by atoms with Gasteiger partial charge in [0.05, 0.1) is 11.9 Å². The van der Waals surface area contributed by atoms with E-state index in [-0.39, 0.29) is 5.82 Å². The highest BCUT2D eigenvalue weighted by atomic mass is 32.1. The van der Waals surface area contributed by atoms with Gasteiger partial charge in [-0.3, -0.25) is 4.98 Å². The lowest BCUT2D eigenvalue weighted by Crippen LogP contribution is -1.98. The second kappa shape index (κ2) is 4.09. The van der Waals surface area contributed by atoms with Crippen LogP contribution in [-0.2, 0) is 0 Å². The van der Waals surface area contributed by atoms with Crippen molar-refractivity contribution in [3.05, 3.63) is 40.3 Å². The molecule has 82 valence electrons. The van der Waals surface area contributed by atoms with Crippen molar-refractivity contribution in [1.29, 1.82) is 0 Å². The molecule has 0 unspecified atom stereocenters. The van der Waals surface area contributed by atoms with Crippen LogP contribution in [0.2, 0.25) is 0 Å². The van der Waals surface area contributed by atoms with Gasteiger partial charge in [0, 0.05) is 17.3 Å². The molecule has 0 spiro atoms. The van der Waals surface area contributed by atoms with Gasteiger partial charge in [-0.25, -0.2) is 9.37 Å². The number of H-pyrrole nitrogens is 1. The molecule has 3 nitrogen and oxygen atoms in total. The molecule has 0 radical (unpaired) electrons. The fraction of sp³-hybridized carbons (Fsp3) is 0.182. The van der Waals surface area contributed by atoms with Crippen LogP contribution in [0.25, 0.3) is 11.3 Å². The van der Waals surface area contributed by atoms with Crippen molar-refractivity contribution < 1.29 is 4.39 Å². The van der Waals surface area contributed by atoms with Crippen LogP contribution in [0.15, 0.2) is 18.5 Å².